The van der Waals surface area contributed by atoms with Crippen molar-refractivity contribution in [3.63, 3.8) is 0 Å². The molecule has 0 bridgehead atoms. The van der Waals surface area contributed by atoms with Crippen molar-refractivity contribution in [2.24, 2.45) is 17.8 Å². The van der Waals surface area contributed by atoms with Gasteiger partial charge in [-0.2, -0.15) is 5.26 Å². The molecule has 1 atom stereocenters. The van der Waals surface area contributed by atoms with Crippen molar-refractivity contribution in [1.82, 2.24) is 0 Å². The van der Waals surface area contributed by atoms with Gasteiger partial charge in [0.1, 0.15) is 5.75 Å². The van der Waals surface area contributed by atoms with Gasteiger partial charge < -0.3 is 4.74 Å². The molecule has 0 radical (unpaired) electrons. The van der Waals surface area contributed by atoms with Crippen LogP contribution in [0.3, 0.4) is 0 Å². The summed E-state index contributed by atoms with van der Waals surface area (Å²) in [5.74, 6) is 2.63. The van der Waals surface area contributed by atoms with Gasteiger partial charge in [-0.05, 0) is 55.2 Å². The minimum Gasteiger partial charge on any atom is -0.494 e. The molecule has 0 aliphatic heterocycles. The molecular formula is C28H45NO. The summed E-state index contributed by atoms with van der Waals surface area (Å²) in [5.41, 5.74) is 1.28. The predicted molar refractivity (Wildman–Crippen MR) is 128 cm³/mol. The second kappa shape index (κ2) is 15.3. The van der Waals surface area contributed by atoms with Crippen molar-refractivity contribution in [2.45, 2.75) is 110 Å². The second-order valence-corrected chi connectivity index (χ2v) is 9.48. The lowest BCUT2D eigenvalue weighted by atomic mass is 9.73. The van der Waals surface area contributed by atoms with E-state index in [1.807, 2.05) is 0 Å². The summed E-state index contributed by atoms with van der Waals surface area (Å²) in [6.07, 6.45) is 19.3. The molecule has 1 aromatic rings. The number of ether oxygens (including phenoxy) is 1. The van der Waals surface area contributed by atoms with Crippen LogP contribution in [-0.2, 0) is 6.42 Å². The largest absolute Gasteiger partial charge is 0.494 e. The molecule has 168 valence electrons. The van der Waals surface area contributed by atoms with E-state index in [-0.39, 0.29) is 5.92 Å². The Labute approximate surface area is 186 Å². The van der Waals surface area contributed by atoms with Gasteiger partial charge in [0.25, 0.3) is 0 Å². The zero-order valence-corrected chi connectivity index (χ0v) is 19.7. The van der Waals surface area contributed by atoms with Crippen LogP contribution < -0.4 is 4.74 Å². The molecule has 1 unspecified atom stereocenters. The number of rotatable bonds is 15. The Bertz CT molecular complexity index is 580. The quantitative estimate of drug-likeness (QED) is 0.271. The second-order valence-electron chi connectivity index (χ2n) is 9.48. The van der Waals surface area contributed by atoms with Gasteiger partial charge in [0, 0.05) is 0 Å². The molecule has 2 heteroatoms. The molecule has 0 heterocycles. The molecule has 0 aromatic heterocycles. The lowest BCUT2D eigenvalue weighted by molar-refractivity contribution is 0.221. The van der Waals surface area contributed by atoms with E-state index in [1.165, 1.54) is 89.0 Å². The standard InChI is InChI=1S/C28H45NO/c1-3-5-7-8-9-11-21-30-28-19-15-25(16-20-28)22-27(23-29)26-17-13-24(14-18-26)12-10-6-4-2/h15-16,19-20,24,26-27H,3-14,17-18,21-22H2,1-2H3/t24-,26-,27?. The molecule has 0 spiro atoms. The lowest BCUT2D eigenvalue weighted by Gasteiger charge is -2.31. The number of hydrogen-bond acceptors (Lipinski definition) is 2. The van der Waals surface area contributed by atoms with Crippen LogP contribution in [0.2, 0.25) is 0 Å². The van der Waals surface area contributed by atoms with Gasteiger partial charge in [0.15, 0.2) is 0 Å². The molecule has 1 aliphatic rings. The highest BCUT2D eigenvalue weighted by Crippen LogP contribution is 2.37. The highest BCUT2D eigenvalue weighted by molar-refractivity contribution is 5.28. The molecule has 0 saturated heterocycles. The molecule has 1 fully saturated rings. The fraction of sp³-hybridized carbons (Fsp3) is 0.750. The first-order valence-electron chi connectivity index (χ1n) is 12.9. The van der Waals surface area contributed by atoms with Crippen LogP contribution in [0.5, 0.6) is 5.75 Å². The van der Waals surface area contributed by atoms with E-state index in [2.05, 4.69) is 44.2 Å². The third kappa shape index (κ3) is 9.55. The molecule has 1 aromatic carbocycles. The van der Waals surface area contributed by atoms with Gasteiger partial charge >= 0.3 is 0 Å². The van der Waals surface area contributed by atoms with E-state index in [0.29, 0.717) is 5.92 Å². The van der Waals surface area contributed by atoms with Gasteiger partial charge in [-0.1, -0.05) is 96.6 Å². The van der Waals surface area contributed by atoms with E-state index in [1.54, 1.807) is 0 Å². The molecule has 30 heavy (non-hydrogen) atoms. The molecule has 1 saturated carbocycles. The van der Waals surface area contributed by atoms with Gasteiger partial charge in [0.2, 0.25) is 0 Å². The summed E-state index contributed by atoms with van der Waals surface area (Å²) in [6, 6.07) is 11.1. The molecule has 2 rings (SSSR count). The predicted octanol–water partition coefficient (Wildman–Crippen LogP) is 8.49. The Morgan fingerprint density at radius 1 is 0.867 bits per heavy atom. The van der Waals surface area contributed by atoms with E-state index < -0.39 is 0 Å². The average molecular weight is 412 g/mol. The van der Waals surface area contributed by atoms with Crippen molar-refractivity contribution in [3.05, 3.63) is 29.8 Å². The van der Waals surface area contributed by atoms with Crippen LogP contribution in [0.25, 0.3) is 0 Å². The van der Waals surface area contributed by atoms with E-state index in [9.17, 15) is 5.26 Å². The Balaban J connectivity index is 1.67. The fourth-order valence-electron chi connectivity index (χ4n) is 4.93. The molecule has 0 amide bonds. The molecule has 0 N–H and O–H groups in total. The van der Waals surface area contributed by atoms with E-state index in [0.717, 1.165) is 31.1 Å². The highest BCUT2D eigenvalue weighted by Gasteiger charge is 2.27. The maximum absolute atomic E-state index is 9.78. The van der Waals surface area contributed by atoms with Gasteiger partial charge in [-0.25, -0.2) is 0 Å². The number of nitrogens with zero attached hydrogens (tertiary/aromatic N) is 1. The number of benzene rings is 1. The van der Waals surface area contributed by atoms with Gasteiger partial charge in [-0.15, -0.1) is 0 Å². The van der Waals surface area contributed by atoms with Crippen molar-refractivity contribution in [1.29, 1.82) is 5.26 Å². The molecule has 1 aliphatic carbocycles. The van der Waals surface area contributed by atoms with Crippen LogP contribution >= 0.6 is 0 Å². The fourth-order valence-corrected chi connectivity index (χ4v) is 4.93. The third-order valence-corrected chi connectivity index (χ3v) is 6.99. The first-order valence-corrected chi connectivity index (χ1v) is 12.9. The monoisotopic (exact) mass is 411 g/mol. The van der Waals surface area contributed by atoms with E-state index >= 15 is 0 Å². The molecule has 2 nitrogen and oxygen atoms in total. The van der Waals surface area contributed by atoms with Gasteiger partial charge in [-0.3, -0.25) is 0 Å². The minimum atomic E-state index is 0.163. The number of hydrogen-bond donors (Lipinski definition) is 0. The van der Waals surface area contributed by atoms with Crippen LogP contribution in [-0.4, -0.2) is 6.61 Å². The Morgan fingerprint density at radius 2 is 1.50 bits per heavy atom. The lowest BCUT2D eigenvalue weighted by Crippen LogP contribution is -2.22. The van der Waals surface area contributed by atoms with Crippen LogP contribution in [0.4, 0.5) is 0 Å². The summed E-state index contributed by atoms with van der Waals surface area (Å²) in [7, 11) is 0. The summed E-state index contributed by atoms with van der Waals surface area (Å²) in [6.45, 7) is 5.35. The summed E-state index contributed by atoms with van der Waals surface area (Å²) < 4.78 is 5.90. The smallest absolute Gasteiger partial charge is 0.119 e. The zero-order chi connectivity index (χ0) is 21.4. The van der Waals surface area contributed by atoms with Crippen molar-refractivity contribution in [3.8, 4) is 11.8 Å². The number of nitriles is 1. The summed E-state index contributed by atoms with van der Waals surface area (Å²) in [5, 5.41) is 9.78. The van der Waals surface area contributed by atoms with Crippen LogP contribution in [0.15, 0.2) is 24.3 Å². The van der Waals surface area contributed by atoms with Gasteiger partial charge in [0.05, 0.1) is 18.6 Å². The summed E-state index contributed by atoms with van der Waals surface area (Å²) in [4.78, 5) is 0. The zero-order valence-electron chi connectivity index (χ0n) is 19.7. The maximum atomic E-state index is 9.78. The first-order chi connectivity index (χ1) is 14.8. The molecular weight excluding hydrogens is 366 g/mol. The summed E-state index contributed by atoms with van der Waals surface area (Å²) >= 11 is 0. The minimum absolute atomic E-state index is 0.163. The average Bonchev–Trinajstić information content (AvgIpc) is 2.78. The SMILES string of the molecule is CCCCCCCCOc1ccc(CC(C#N)[C@H]2CC[C@H](CCCCC)CC2)cc1. The number of unbranched alkanes of at least 4 members (excludes halogenated alkanes) is 7. The van der Waals surface area contributed by atoms with Crippen molar-refractivity contribution < 1.29 is 4.74 Å². The van der Waals surface area contributed by atoms with Crippen LogP contribution in [0.1, 0.15) is 109 Å². The highest BCUT2D eigenvalue weighted by atomic mass is 16.5. The normalized spacial score (nSPS) is 19.9. The third-order valence-electron chi connectivity index (χ3n) is 6.99. The Hall–Kier alpha value is -1.49. The van der Waals surface area contributed by atoms with Crippen LogP contribution in [0, 0.1) is 29.1 Å². The van der Waals surface area contributed by atoms with E-state index in [4.69, 9.17) is 4.74 Å². The van der Waals surface area contributed by atoms with Crippen molar-refractivity contribution >= 4 is 0 Å². The Kier molecular flexibility index (Phi) is 12.7. The topological polar surface area (TPSA) is 33.0 Å². The van der Waals surface area contributed by atoms with Crippen molar-refractivity contribution in [2.75, 3.05) is 6.61 Å². The maximum Gasteiger partial charge on any atom is 0.119 e. The Morgan fingerprint density at radius 3 is 2.17 bits per heavy atom. The first kappa shape index (κ1) is 24.8.